The molecule has 0 aliphatic rings. The third kappa shape index (κ3) is 4.54. The van der Waals surface area contributed by atoms with E-state index in [1.165, 1.54) is 0 Å². The first-order chi connectivity index (χ1) is 12.1. The van der Waals surface area contributed by atoms with Crippen LogP contribution in [-0.4, -0.2) is 34.9 Å². The molecular formula is C17H15ClN4O3. The van der Waals surface area contributed by atoms with Crippen LogP contribution >= 0.6 is 11.6 Å². The normalized spacial score (nSPS) is 10.5. The second-order valence-corrected chi connectivity index (χ2v) is 5.67. The maximum Gasteiger partial charge on any atom is 0.325 e. The summed E-state index contributed by atoms with van der Waals surface area (Å²) < 4.78 is 10.5. The fourth-order valence-electron chi connectivity index (χ4n) is 2.11. The van der Waals surface area contributed by atoms with Crippen LogP contribution in [0.5, 0.6) is 0 Å². The van der Waals surface area contributed by atoms with E-state index < -0.39 is 5.97 Å². The summed E-state index contributed by atoms with van der Waals surface area (Å²) in [6.07, 6.45) is 0. The van der Waals surface area contributed by atoms with Crippen LogP contribution in [0.3, 0.4) is 0 Å². The molecule has 0 N–H and O–H groups in total. The third-order valence-corrected chi connectivity index (χ3v) is 3.58. The zero-order valence-corrected chi connectivity index (χ0v) is 14.2. The van der Waals surface area contributed by atoms with Gasteiger partial charge in [0.05, 0.1) is 0 Å². The van der Waals surface area contributed by atoms with Crippen molar-refractivity contribution in [2.45, 2.75) is 6.61 Å². The monoisotopic (exact) mass is 358 g/mol. The van der Waals surface area contributed by atoms with E-state index in [2.05, 4.69) is 15.4 Å². The van der Waals surface area contributed by atoms with Crippen molar-refractivity contribution in [2.75, 3.05) is 18.5 Å². The van der Waals surface area contributed by atoms with Gasteiger partial charge < -0.3 is 14.2 Å². The van der Waals surface area contributed by atoms with Gasteiger partial charge in [0.2, 0.25) is 0 Å². The van der Waals surface area contributed by atoms with E-state index in [1.54, 1.807) is 30.1 Å². The average Bonchev–Trinajstić information content (AvgIpc) is 3.10. The minimum atomic E-state index is -0.413. The van der Waals surface area contributed by atoms with Gasteiger partial charge in [-0.3, -0.25) is 4.79 Å². The minimum Gasteiger partial charge on any atom is -0.458 e. The SMILES string of the molecule is CN(CC(=O)OCc1cc(-c2ccccc2)on1)c1ccc(Cl)nn1. The van der Waals surface area contributed by atoms with E-state index in [-0.39, 0.29) is 13.2 Å². The Hall–Kier alpha value is -2.93. The van der Waals surface area contributed by atoms with Crippen molar-refractivity contribution in [3.05, 3.63) is 59.4 Å². The Balaban J connectivity index is 1.52. The topological polar surface area (TPSA) is 81.4 Å². The molecule has 2 heterocycles. The summed E-state index contributed by atoms with van der Waals surface area (Å²) in [6, 6.07) is 14.6. The van der Waals surface area contributed by atoms with E-state index in [0.29, 0.717) is 22.4 Å². The Morgan fingerprint density at radius 1 is 1.20 bits per heavy atom. The maximum absolute atomic E-state index is 11.9. The van der Waals surface area contributed by atoms with Gasteiger partial charge in [-0.05, 0) is 12.1 Å². The van der Waals surface area contributed by atoms with Gasteiger partial charge in [-0.2, -0.15) is 0 Å². The average molecular weight is 359 g/mol. The van der Waals surface area contributed by atoms with E-state index in [4.69, 9.17) is 20.9 Å². The number of benzene rings is 1. The van der Waals surface area contributed by atoms with Crippen molar-refractivity contribution in [1.82, 2.24) is 15.4 Å². The molecule has 7 nitrogen and oxygen atoms in total. The molecule has 3 rings (SSSR count). The number of carbonyl (C=O) groups is 1. The van der Waals surface area contributed by atoms with E-state index >= 15 is 0 Å². The molecule has 0 fully saturated rings. The molecule has 0 radical (unpaired) electrons. The highest BCUT2D eigenvalue weighted by Gasteiger charge is 2.12. The second kappa shape index (κ2) is 7.76. The smallest absolute Gasteiger partial charge is 0.325 e. The van der Waals surface area contributed by atoms with Crippen molar-refractivity contribution in [3.8, 4) is 11.3 Å². The number of nitrogens with zero attached hydrogens (tertiary/aromatic N) is 4. The summed E-state index contributed by atoms with van der Waals surface area (Å²) >= 11 is 5.69. The molecule has 128 valence electrons. The van der Waals surface area contributed by atoms with Gasteiger partial charge >= 0.3 is 5.97 Å². The van der Waals surface area contributed by atoms with E-state index in [0.717, 1.165) is 5.56 Å². The van der Waals surface area contributed by atoms with Crippen LogP contribution < -0.4 is 4.90 Å². The van der Waals surface area contributed by atoms with Crippen molar-refractivity contribution < 1.29 is 14.1 Å². The Morgan fingerprint density at radius 3 is 2.72 bits per heavy atom. The van der Waals surface area contributed by atoms with Crippen molar-refractivity contribution in [2.24, 2.45) is 0 Å². The molecule has 0 amide bonds. The Bertz CT molecular complexity index is 837. The molecule has 0 unspecified atom stereocenters. The molecule has 0 atom stereocenters. The zero-order chi connectivity index (χ0) is 17.6. The number of esters is 1. The van der Waals surface area contributed by atoms with Crippen molar-refractivity contribution in [3.63, 3.8) is 0 Å². The highest BCUT2D eigenvalue weighted by molar-refractivity contribution is 6.29. The lowest BCUT2D eigenvalue weighted by Crippen LogP contribution is -2.27. The van der Waals surface area contributed by atoms with Gasteiger partial charge in [0.15, 0.2) is 16.7 Å². The zero-order valence-electron chi connectivity index (χ0n) is 13.4. The molecule has 3 aromatic rings. The molecule has 25 heavy (non-hydrogen) atoms. The third-order valence-electron chi connectivity index (χ3n) is 3.37. The molecule has 1 aromatic carbocycles. The number of hydrogen-bond donors (Lipinski definition) is 0. The molecule has 0 saturated carbocycles. The van der Waals surface area contributed by atoms with E-state index in [1.807, 2.05) is 30.3 Å². The van der Waals surface area contributed by atoms with Crippen LogP contribution in [0.1, 0.15) is 5.69 Å². The number of ether oxygens (including phenoxy) is 1. The molecular weight excluding hydrogens is 344 g/mol. The minimum absolute atomic E-state index is 0.0275. The Labute approximate surface area is 149 Å². The Morgan fingerprint density at radius 2 is 2.00 bits per heavy atom. The number of aromatic nitrogens is 3. The number of rotatable bonds is 6. The lowest BCUT2D eigenvalue weighted by atomic mass is 10.2. The lowest BCUT2D eigenvalue weighted by Gasteiger charge is -2.15. The molecule has 0 spiro atoms. The number of hydrogen-bond acceptors (Lipinski definition) is 7. The quantitative estimate of drug-likeness (QED) is 0.626. The van der Waals surface area contributed by atoms with Gasteiger partial charge in [-0.25, -0.2) is 0 Å². The highest BCUT2D eigenvalue weighted by atomic mass is 35.5. The maximum atomic E-state index is 11.9. The first kappa shape index (κ1) is 16.9. The molecule has 0 bridgehead atoms. The number of carbonyl (C=O) groups excluding carboxylic acids is 1. The number of anilines is 1. The summed E-state index contributed by atoms with van der Waals surface area (Å²) in [6.45, 7) is 0.0645. The van der Waals surface area contributed by atoms with Gasteiger partial charge in [0.1, 0.15) is 18.8 Å². The summed E-state index contributed by atoms with van der Waals surface area (Å²) in [5, 5.41) is 11.8. The molecule has 0 aliphatic carbocycles. The van der Waals surface area contributed by atoms with Crippen molar-refractivity contribution >= 4 is 23.4 Å². The van der Waals surface area contributed by atoms with Crippen LogP contribution in [-0.2, 0) is 16.1 Å². The highest BCUT2D eigenvalue weighted by Crippen LogP contribution is 2.20. The van der Waals surface area contributed by atoms with Crippen LogP contribution in [0.15, 0.2) is 53.1 Å². The first-order valence-corrected chi connectivity index (χ1v) is 7.86. The molecule has 8 heteroatoms. The van der Waals surface area contributed by atoms with Crippen LogP contribution in [0.2, 0.25) is 5.15 Å². The van der Waals surface area contributed by atoms with Crippen LogP contribution in [0.25, 0.3) is 11.3 Å². The van der Waals surface area contributed by atoms with Gasteiger partial charge in [0.25, 0.3) is 0 Å². The second-order valence-electron chi connectivity index (χ2n) is 5.28. The predicted octanol–water partition coefficient (Wildman–Crippen LogP) is 2.96. The number of halogens is 1. The first-order valence-electron chi connectivity index (χ1n) is 7.49. The summed E-state index contributed by atoms with van der Waals surface area (Å²) in [4.78, 5) is 13.6. The van der Waals surface area contributed by atoms with Gasteiger partial charge in [0, 0.05) is 18.7 Å². The summed E-state index contributed by atoms with van der Waals surface area (Å²) in [7, 11) is 1.71. The number of likely N-dealkylation sites (N-methyl/N-ethyl adjacent to an activating group) is 1. The van der Waals surface area contributed by atoms with Crippen LogP contribution in [0.4, 0.5) is 5.82 Å². The summed E-state index contributed by atoms with van der Waals surface area (Å²) in [5.41, 5.74) is 1.45. The summed E-state index contributed by atoms with van der Waals surface area (Å²) in [5.74, 6) is 0.734. The van der Waals surface area contributed by atoms with Crippen molar-refractivity contribution in [1.29, 1.82) is 0 Å². The molecule has 0 saturated heterocycles. The standard InChI is InChI=1S/C17H15ClN4O3/c1-22(16-8-7-15(18)19-20-16)10-17(23)24-11-13-9-14(25-21-13)12-5-3-2-4-6-12/h2-9H,10-11H2,1H3. The lowest BCUT2D eigenvalue weighted by molar-refractivity contribution is -0.143. The molecule has 0 aliphatic heterocycles. The predicted molar refractivity (Wildman–Crippen MR) is 92.0 cm³/mol. The largest absolute Gasteiger partial charge is 0.458 e. The van der Waals surface area contributed by atoms with Gasteiger partial charge in [-0.1, -0.05) is 47.1 Å². The van der Waals surface area contributed by atoms with Gasteiger partial charge in [-0.15, -0.1) is 10.2 Å². The fraction of sp³-hybridized carbons (Fsp3) is 0.176. The van der Waals surface area contributed by atoms with Crippen LogP contribution in [0, 0.1) is 0 Å². The molecule has 2 aromatic heterocycles. The fourth-order valence-corrected chi connectivity index (χ4v) is 2.21. The Kier molecular flexibility index (Phi) is 5.25. The van der Waals surface area contributed by atoms with E-state index in [9.17, 15) is 4.79 Å².